The minimum atomic E-state index is -4.76. The molecule has 0 aliphatic heterocycles. The molecule has 25 heteroatoms. The first-order valence-corrected chi connectivity index (χ1v) is 22.2. The zero-order valence-electron chi connectivity index (χ0n) is 31.8. The van der Waals surface area contributed by atoms with E-state index in [0.717, 1.165) is 47.1 Å². The Balaban J connectivity index is 1.15. The number of fused-ring (bicyclic) bond motifs is 4. The molecule has 7 N–H and O–H groups in total. The first-order valence-electron chi connectivity index (χ1n) is 17.8. The molecule has 0 saturated heterocycles. The highest BCUT2D eigenvalue weighted by atomic mass is 32.2. The van der Waals surface area contributed by atoms with Crippen molar-refractivity contribution in [3.63, 3.8) is 0 Å². The quantitative estimate of drug-likeness (QED) is 0.0147. The summed E-state index contributed by atoms with van der Waals surface area (Å²) in [5.41, 5.74) is 7.30. The van der Waals surface area contributed by atoms with Gasteiger partial charge in [0.2, 0.25) is 0 Å². The van der Waals surface area contributed by atoms with Crippen LogP contribution in [0.25, 0.3) is 43.2 Å². The van der Waals surface area contributed by atoms with Crippen molar-refractivity contribution in [2.45, 2.75) is 19.6 Å². The van der Waals surface area contributed by atoms with Crippen LogP contribution < -0.4 is 5.73 Å². The molecule has 0 spiro atoms. The van der Waals surface area contributed by atoms with E-state index in [-0.39, 0.29) is 38.1 Å². The predicted molar refractivity (Wildman–Crippen MR) is 233 cm³/mol. The van der Waals surface area contributed by atoms with Crippen LogP contribution >= 0.6 is 24.1 Å². The minimum absolute atomic E-state index is 0.0111. The van der Waals surface area contributed by atoms with E-state index in [1.165, 1.54) is 24.3 Å². The van der Waals surface area contributed by atoms with Crippen LogP contribution in [0.15, 0.2) is 166 Å². The van der Waals surface area contributed by atoms with E-state index in [1.54, 1.807) is 42.6 Å². The first kappa shape index (κ1) is 44.0. The maximum atomic E-state index is 12.2. The Morgan fingerprint density at radius 2 is 1.22 bits per heavy atom. The second-order valence-corrected chi connectivity index (χ2v) is 17.5. The first-order chi connectivity index (χ1) is 30.7. The lowest BCUT2D eigenvalue weighted by Gasteiger charge is -2.12. The molecule has 1 aromatic heterocycles. The summed E-state index contributed by atoms with van der Waals surface area (Å²) < 4.78 is 76.9. The van der Waals surface area contributed by atoms with Gasteiger partial charge in [0.15, 0.2) is 5.75 Å². The van der Waals surface area contributed by atoms with Crippen LogP contribution in [-0.4, -0.2) is 46.5 Å². The number of pyridine rings is 1. The summed E-state index contributed by atoms with van der Waals surface area (Å²) >= 11 is 1.20. The molecule has 0 radical (unpaired) electrons. The van der Waals surface area contributed by atoms with Gasteiger partial charge < -0.3 is 10.8 Å². The van der Waals surface area contributed by atoms with Crippen molar-refractivity contribution in [2.75, 3.05) is 5.73 Å². The van der Waals surface area contributed by atoms with Crippen molar-refractivity contribution in [1.82, 2.24) is 4.98 Å². The highest BCUT2D eigenvalue weighted by molar-refractivity contribution is 7.95. The fourth-order valence-corrected chi connectivity index (χ4v) is 8.67. The van der Waals surface area contributed by atoms with Gasteiger partial charge in [-0.2, -0.15) is 21.9 Å². The van der Waals surface area contributed by atoms with Gasteiger partial charge in [-0.25, -0.2) is 10.5 Å². The predicted octanol–water partition coefficient (Wildman–Crippen LogP) is 11.6. The van der Waals surface area contributed by atoms with Crippen molar-refractivity contribution < 1.29 is 60.3 Å². The lowest BCUT2D eigenvalue weighted by Crippen LogP contribution is -2.03. The summed E-state index contributed by atoms with van der Waals surface area (Å²) in [6.45, 7) is 0. The number of azo groups is 3. The number of phenolic OH excluding ortho intramolecular Hbond substituents is 1. The number of phenols is 1. The molecule has 7 aromatic carbocycles. The standard InChI is InChI=1S/C39H26N8O13S4/c40-29-19-27-21(17-36(29)64(54,55)56)16-35(62-60-58-50)38(39(27)48)47-45-32-11-10-30(25-9-7-23(18-28(25)32)63(51,52)53)43-44-31-12-13-33(37-26(31)4-2-14-41-37)46-42-22-6-8-24-20(15-22)3-1-5-34(24)61-59-57-49/h1-19,48-50H,40H2,(H,51,52,53)(H,54,55,56). The minimum Gasteiger partial charge on any atom is -0.505 e. The average Bonchev–Trinajstić information content (AvgIpc) is 3.28. The molecule has 0 bridgehead atoms. The monoisotopic (exact) mass is 942 g/mol. The molecule has 0 aliphatic carbocycles. The van der Waals surface area contributed by atoms with Crippen LogP contribution in [0.2, 0.25) is 0 Å². The molecule has 64 heavy (non-hydrogen) atoms. The second-order valence-electron chi connectivity index (χ2n) is 13.2. The van der Waals surface area contributed by atoms with Gasteiger partial charge in [0.1, 0.15) is 16.3 Å². The molecular formula is C39H26N8O13S4. The van der Waals surface area contributed by atoms with Gasteiger partial charge >= 0.3 is 0 Å². The van der Waals surface area contributed by atoms with Gasteiger partial charge in [-0.15, -0.1) is 34.2 Å². The number of nitrogens with two attached hydrogens (primary N) is 1. The van der Waals surface area contributed by atoms with Crippen LogP contribution in [0.5, 0.6) is 5.75 Å². The van der Waals surface area contributed by atoms with Gasteiger partial charge in [0.25, 0.3) is 20.2 Å². The van der Waals surface area contributed by atoms with E-state index in [1.807, 2.05) is 24.3 Å². The number of nitrogen functional groups attached to an aromatic ring is 1. The molecule has 8 aromatic rings. The van der Waals surface area contributed by atoms with Gasteiger partial charge in [-0.05, 0) is 101 Å². The summed E-state index contributed by atoms with van der Waals surface area (Å²) in [5, 5.41) is 65.1. The number of nitrogens with zero attached hydrogens (tertiary/aromatic N) is 7. The Kier molecular flexibility index (Phi) is 12.6. The van der Waals surface area contributed by atoms with Gasteiger partial charge in [0, 0.05) is 32.6 Å². The SMILES string of the molecule is Nc1cc2c(O)c(N=Nc3ccc(N=Nc4ccc(N=Nc5ccc6c(SOOO)cccc6c5)c5ncccc45)c4ccc(S(=O)(=O)O)cc34)c(SOOO)cc2cc1S(=O)(=O)O. The average molecular weight is 943 g/mol. The van der Waals surface area contributed by atoms with Crippen molar-refractivity contribution in [2.24, 2.45) is 30.7 Å². The maximum Gasteiger partial charge on any atom is 0.296 e. The van der Waals surface area contributed by atoms with E-state index in [4.69, 9.17) is 16.2 Å². The molecule has 1 heterocycles. The molecule has 0 atom stereocenters. The van der Waals surface area contributed by atoms with Crippen LogP contribution in [0, 0.1) is 0 Å². The molecular weight excluding hydrogens is 917 g/mol. The molecule has 0 aliphatic rings. The number of hydrogen-bond donors (Lipinski definition) is 6. The van der Waals surface area contributed by atoms with Crippen molar-refractivity contribution in [3.05, 3.63) is 115 Å². The fraction of sp³-hybridized carbons (Fsp3) is 0. The van der Waals surface area contributed by atoms with Crippen LogP contribution in [0.3, 0.4) is 0 Å². The number of benzene rings is 7. The summed E-state index contributed by atoms with van der Waals surface area (Å²) in [4.78, 5) is 4.03. The zero-order valence-corrected chi connectivity index (χ0v) is 35.1. The van der Waals surface area contributed by atoms with E-state index in [9.17, 15) is 31.0 Å². The number of rotatable bonds is 14. The lowest BCUT2D eigenvalue weighted by atomic mass is 10.1. The van der Waals surface area contributed by atoms with Gasteiger partial charge in [-0.1, -0.05) is 34.3 Å². The molecule has 0 amide bonds. The summed E-state index contributed by atoms with van der Waals surface area (Å²) in [5.74, 6) is -0.578. The third kappa shape index (κ3) is 9.22. The molecule has 0 unspecified atom stereocenters. The van der Waals surface area contributed by atoms with Crippen LogP contribution in [-0.2, 0) is 39.0 Å². The zero-order chi connectivity index (χ0) is 45.2. The smallest absolute Gasteiger partial charge is 0.296 e. The van der Waals surface area contributed by atoms with E-state index in [0.29, 0.717) is 50.3 Å². The summed E-state index contributed by atoms with van der Waals surface area (Å²) in [6.07, 6.45) is 1.59. The number of aromatic hydroxyl groups is 1. The Hall–Kier alpha value is -6.59. The molecule has 8 rings (SSSR count). The lowest BCUT2D eigenvalue weighted by molar-refractivity contribution is -0.432. The third-order valence-electron chi connectivity index (χ3n) is 9.35. The fourth-order valence-electron chi connectivity index (χ4n) is 6.52. The van der Waals surface area contributed by atoms with Crippen molar-refractivity contribution in [1.29, 1.82) is 0 Å². The molecule has 0 fully saturated rings. The highest BCUT2D eigenvalue weighted by Crippen LogP contribution is 2.46. The number of anilines is 1. The maximum absolute atomic E-state index is 12.2. The molecule has 324 valence electrons. The Morgan fingerprint density at radius 3 is 1.94 bits per heavy atom. The highest BCUT2D eigenvalue weighted by Gasteiger charge is 2.21. The number of aromatic nitrogens is 1. The van der Waals surface area contributed by atoms with Gasteiger partial charge in [0.05, 0.1) is 67.8 Å². The van der Waals surface area contributed by atoms with Crippen LogP contribution in [0.4, 0.5) is 39.8 Å². The third-order valence-corrected chi connectivity index (χ3v) is 12.4. The second kappa shape index (κ2) is 18.3. The number of hydrogen-bond acceptors (Lipinski definition) is 21. The Morgan fingerprint density at radius 1 is 0.562 bits per heavy atom. The summed E-state index contributed by atoms with van der Waals surface area (Å²) in [7, 11) is -9.47. The topological polar surface area (TPSA) is 319 Å². The van der Waals surface area contributed by atoms with E-state index in [2.05, 4.69) is 54.4 Å². The summed E-state index contributed by atoms with van der Waals surface area (Å²) in [6, 6.07) is 27.7. The molecule has 21 nitrogen and oxygen atoms in total. The van der Waals surface area contributed by atoms with E-state index >= 15 is 0 Å². The van der Waals surface area contributed by atoms with E-state index < -0.39 is 41.5 Å². The van der Waals surface area contributed by atoms with Gasteiger partial charge in [-0.3, -0.25) is 14.1 Å². The van der Waals surface area contributed by atoms with Crippen molar-refractivity contribution >= 4 is 127 Å². The Bertz CT molecular complexity index is 3490. The van der Waals surface area contributed by atoms with Crippen molar-refractivity contribution in [3.8, 4) is 5.75 Å². The Labute approximate surface area is 368 Å². The molecule has 0 saturated carbocycles. The van der Waals surface area contributed by atoms with Crippen LogP contribution in [0.1, 0.15) is 0 Å². The normalized spacial score (nSPS) is 12.6. The largest absolute Gasteiger partial charge is 0.505 e.